The van der Waals surface area contributed by atoms with Gasteiger partial charge < -0.3 is 14.5 Å². The molecule has 1 heterocycles. The number of ether oxygens (including phenoxy) is 1. The van der Waals surface area contributed by atoms with Crippen LogP contribution in [0, 0.1) is 6.92 Å². The number of hydrogen-bond acceptors (Lipinski definition) is 3. The van der Waals surface area contributed by atoms with E-state index in [-0.39, 0.29) is 17.5 Å². The molecule has 3 rings (SSSR count). The van der Waals surface area contributed by atoms with Crippen LogP contribution < -0.4 is 0 Å². The van der Waals surface area contributed by atoms with Crippen LogP contribution in [0.3, 0.4) is 0 Å². The Hall–Kier alpha value is -1.56. The molecule has 1 aliphatic heterocycles. The van der Waals surface area contributed by atoms with Crippen LogP contribution in [-0.2, 0) is 4.74 Å². The van der Waals surface area contributed by atoms with Crippen molar-refractivity contribution in [3.8, 4) is 0 Å². The first kappa shape index (κ1) is 18.2. The van der Waals surface area contributed by atoms with Crippen molar-refractivity contribution in [1.82, 2.24) is 9.80 Å². The predicted octanol–water partition coefficient (Wildman–Crippen LogP) is 3.98. The number of hydrogen-bond donors (Lipinski definition) is 0. The average Bonchev–Trinajstić information content (AvgIpc) is 3.27. The first-order valence-corrected chi connectivity index (χ1v) is 9.47. The molecule has 2 aliphatic rings. The Kier molecular flexibility index (Phi) is 4.60. The van der Waals surface area contributed by atoms with Crippen molar-refractivity contribution < 1.29 is 14.3 Å². The minimum absolute atomic E-state index is 0.0527. The van der Waals surface area contributed by atoms with E-state index >= 15 is 0 Å². The van der Waals surface area contributed by atoms with Gasteiger partial charge in [0, 0.05) is 29.7 Å². The minimum atomic E-state index is -0.504. The van der Waals surface area contributed by atoms with Gasteiger partial charge in [0.1, 0.15) is 5.60 Å². The van der Waals surface area contributed by atoms with Gasteiger partial charge in [0.25, 0.3) is 5.91 Å². The average molecular weight is 409 g/mol. The molecule has 0 radical (unpaired) electrons. The van der Waals surface area contributed by atoms with Gasteiger partial charge in [0.2, 0.25) is 0 Å². The molecular formula is C19H25BrN2O3. The zero-order valence-corrected chi connectivity index (χ0v) is 16.9. The van der Waals surface area contributed by atoms with Crippen molar-refractivity contribution in [2.45, 2.75) is 51.7 Å². The second kappa shape index (κ2) is 6.31. The number of benzene rings is 1. The first-order chi connectivity index (χ1) is 11.6. The number of aryl methyl sites for hydroxylation is 1. The monoisotopic (exact) mass is 408 g/mol. The van der Waals surface area contributed by atoms with Crippen LogP contribution in [-0.4, -0.2) is 52.6 Å². The lowest BCUT2D eigenvalue weighted by Gasteiger charge is -2.42. The summed E-state index contributed by atoms with van der Waals surface area (Å²) in [4.78, 5) is 29.1. The van der Waals surface area contributed by atoms with Crippen LogP contribution in [0.2, 0.25) is 0 Å². The molecule has 1 spiro atoms. The molecule has 136 valence electrons. The standard InChI is InChI=1S/C19H25BrN2O3/c1-13-11-14(5-6-15(13)20)16(23)22-10-9-21(12-19(22)7-8-19)17(24)25-18(2,3)4/h5-6,11H,7-10,12H2,1-4H3. The molecule has 5 nitrogen and oxygen atoms in total. The molecule has 2 fully saturated rings. The van der Waals surface area contributed by atoms with Crippen LogP contribution in [0.1, 0.15) is 49.5 Å². The highest BCUT2D eigenvalue weighted by Crippen LogP contribution is 2.45. The lowest BCUT2D eigenvalue weighted by Crippen LogP contribution is -2.58. The van der Waals surface area contributed by atoms with E-state index in [0.717, 1.165) is 22.9 Å². The topological polar surface area (TPSA) is 49.9 Å². The maximum Gasteiger partial charge on any atom is 0.410 e. The second-order valence-electron chi connectivity index (χ2n) is 8.05. The number of carbonyl (C=O) groups excluding carboxylic acids is 2. The van der Waals surface area contributed by atoms with Crippen molar-refractivity contribution in [2.24, 2.45) is 0 Å². The summed E-state index contributed by atoms with van der Waals surface area (Å²) in [7, 11) is 0. The van der Waals surface area contributed by atoms with Crippen molar-refractivity contribution in [3.05, 3.63) is 33.8 Å². The summed E-state index contributed by atoms with van der Waals surface area (Å²) in [6.07, 6.45) is 1.59. The molecule has 1 aliphatic carbocycles. The molecule has 0 unspecified atom stereocenters. The Morgan fingerprint density at radius 2 is 1.88 bits per heavy atom. The maximum atomic E-state index is 13.0. The highest BCUT2D eigenvalue weighted by atomic mass is 79.9. The third kappa shape index (κ3) is 3.84. The van der Waals surface area contributed by atoms with E-state index < -0.39 is 5.60 Å². The van der Waals surface area contributed by atoms with E-state index in [0.29, 0.717) is 25.2 Å². The fraction of sp³-hybridized carbons (Fsp3) is 0.579. The number of halogens is 1. The maximum absolute atomic E-state index is 13.0. The third-order valence-electron chi connectivity index (χ3n) is 4.78. The lowest BCUT2D eigenvalue weighted by molar-refractivity contribution is 0.000635. The molecule has 6 heteroatoms. The molecule has 0 aromatic heterocycles. The zero-order chi connectivity index (χ0) is 18.4. The Morgan fingerprint density at radius 1 is 1.20 bits per heavy atom. The summed E-state index contributed by atoms with van der Waals surface area (Å²) < 4.78 is 6.49. The molecule has 1 aromatic carbocycles. The van der Waals surface area contributed by atoms with Crippen LogP contribution in [0.5, 0.6) is 0 Å². The summed E-state index contributed by atoms with van der Waals surface area (Å²) in [6, 6.07) is 5.69. The molecule has 1 saturated carbocycles. The zero-order valence-electron chi connectivity index (χ0n) is 15.3. The molecule has 25 heavy (non-hydrogen) atoms. The first-order valence-electron chi connectivity index (χ1n) is 8.67. The molecule has 0 N–H and O–H groups in total. The largest absolute Gasteiger partial charge is 0.444 e. The van der Waals surface area contributed by atoms with Crippen LogP contribution in [0.15, 0.2) is 22.7 Å². The van der Waals surface area contributed by atoms with Gasteiger partial charge in [-0.3, -0.25) is 4.79 Å². The van der Waals surface area contributed by atoms with Crippen molar-refractivity contribution in [2.75, 3.05) is 19.6 Å². The number of amides is 2. The normalized spacial score (nSPS) is 19.1. The Bertz CT molecular complexity index is 707. The van der Waals surface area contributed by atoms with Gasteiger partial charge in [-0.2, -0.15) is 0 Å². The number of piperazine rings is 1. The summed E-state index contributed by atoms with van der Waals surface area (Å²) in [6.45, 7) is 9.21. The van der Waals surface area contributed by atoms with E-state index in [1.165, 1.54) is 0 Å². The van der Waals surface area contributed by atoms with E-state index in [1.54, 1.807) is 4.90 Å². The van der Waals surface area contributed by atoms with Gasteiger partial charge in [0.15, 0.2) is 0 Å². The summed E-state index contributed by atoms with van der Waals surface area (Å²) >= 11 is 3.47. The highest BCUT2D eigenvalue weighted by Gasteiger charge is 2.54. The van der Waals surface area contributed by atoms with Gasteiger partial charge in [-0.25, -0.2) is 4.79 Å². The van der Waals surface area contributed by atoms with Crippen molar-refractivity contribution in [1.29, 1.82) is 0 Å². The minimum Gasteiger partial charge on any atom is -0.444 e. The summed E-state index contributed by atoms with van der Waals surface area (Å²) in [5, 5.41) is 0. The smallest absolute Gasteiger partial charge is 0.410 e. The Balaban J connectivity index is 1.73. The third-order valence-corrected chi connectivity index (χ3v) is 5.67. The fourth-order valence-electron chi connectivity index (χ4n) is 3.28. The molecular weight excluding hydrogens is 384 g/mol. The van der Waals surface area contributed by atoms with Gasteiger partial charge in [0.05, 0.1) is 5.54 Å². The summed E-state index contributed by atoms with van der Waals surface area (Å²) in [5.74, 6) is 0.0527. The van der Waals surface area contributed by atoms with Crippen LogP contribution in [0.4, 0.5) is 4.79 Å². The Morgan fingerprint density at radius 3 is 2.44 bits per heavy atom. The quantitative estimate of drug-likeness (QED) is 0.705. The molecule has 0 bridgehead atoms. The molecule has 2 amide bonds. The number of nitrogens with zero attached hydrogens (tertiary/aromatic N) is 2. The fourth-order valence-corrected chi connectivity index (χ4v) is 3.53. The van der Waals surface area contributed by atoms with Crippen LogP contribution in [0.25, 0.3) is 0 Å². The van der Waals surface area contributed by atoms with E-state index in [4.69, 9.17) is 4.74 Å². The number of rotatable bonds is 1. The molecule has 0 atom stereocenters. The SMILES string of the molecule is Cc1cc(C(=O)N2CCN(C(=O)OC(C)(C)C)CC23CC3)ccc1Br. The van der Waals surface area contributed by atoms with Gasteiger partial charge in [-0.05, 0) is 64.3 Å². The number of carbonyl (C=O) groups is 2. The van der Waals surface area contributed by atoms with E-state index in [1.807, 2.05) is 50.8 Å². The van der Waals surface area contributed by atoms with Gasteiger partial charge in [-0.1, -0.05) is 15.9 Å². The highest BCUT2D eigenvalue weighted by molar-refractivity contribution is 9.10. The second-order valence-corrected chi connectivity index (χ2v) is 8.90. The van der Waals surface area contributed by atoms with Gasteiger partial charge >= 0.3 is 6.09 Å². The van der Waals surface area contributed by atoms with Crippen LogP contribution >= 0.6 is 15.9 Å². The van der Waals surface area contributed by atoms with Crippen molar-refractivity contribution >= 4 is 27.9 Å². The van der Waals surface area contributed by atoms with Crippen molar-refractivity contribution in [3.63, 3.8) is 0 Å². The lowest BCUT2D eigenvalue weighted by atomic mass is 10.1. The Labute approximate surface area is 157 Å². The molecule has 1 aromatic rings. The van der Waals surface area contributed by atoms with E-state index in [2.05, 4.69) is 15.9 Å². The van der Waals surface area contributed by atoms with Gasteiger partial charge in [-0.15, -0.1) is 0 Å². The molecule has 1 saturated heterocycles. The van der Waals surface area contributed by atoms with E-state index in [9.17, 15) is 9.59 Å². The summed E-state index contributed by atoms with van der Waals surface area (Å²) in [5.41, 5.74) is 1.03. The predicted molar refractivity (Wildman–Crippen MR) is 99.7 cm³/mol.